The van der Waals surface area contributed by atoms with Gasteiger partial charge in [-0.2, -0.15) is 0 Å². The van der Waals surface area contributed by atoms with Gasteiger partial charge < -0.3 is 16.2 Å². The Morgan fingerprint density at radius 3 is 2.93 bits per heavy atom. The van der Waals surface area contributed by atoms with Gasteiger partial charge in [-0.25, -0.2) is 0 Å². The van der Waals surface area contributed by atoms with Crippen molar-refractivity contribution in [2.24, 2.45) is 11.7 Å². The minimum Gasteiger partial charge on any atom is -0.508 e. The highest BCUT2D eigenvalue weighted by Crippen LogP contribution is 2.25. The molecule has 0 spiro atoms. The molecule has 1 fully saturated rings. The van der Waals surface area contributed by atoms with E-state index in [9.17, 15) is 5.11 Å². The number of nitrogens with two attached hydrogens (primary N) is 1. The molecule has 1 aliphatic rings. The Kier molecular flexibility index (Phi) is 3.11. The van der Waals surface area contributed by atoms with Crippen molar-refractivity contribution < 1.29 is 5.11 Å². The lowest BCUT2D eigenvalue weighted by Crippen LogP contribution is -2.17. The average molecular weight is 206 g/mol. The Balaban J connectivity index is 1.83. The number of nitrogens with one attached hydrogen (secondary N) is 1. The third kappa shape index (κ3) is 2.86. The van der Waals surface area contributed by atoms with Gasteiger partial charge in [0.2, 0.25) is 0 Å². The Morgan fingerprint density at radius 2 is 2.27 bits per heavy atom. The number of hydrogen-bond acceptors (Lipinski definition) is 3. The van der Waals surface area contributed by atoms with E-state index >= 15 is 0 Å². The Hall–Kier alpha value is -1.22. The first-order valence-electron chi connectivity index (χ1n) is 5.52. The molecule has 15 heavy (non-hydrogen) atoms. The lowest BCUT2D eigenvalue weighted by atomic mass is 10.1. The molecule has 0 heterocycles. The summed E-state index contributed by atoms with van der Waals surface area (Å²) in [5.74, 6) is 0.991. The number of rotatable bonds is 3. The van der Waals surface area contributed by atoms with Crippen LogP contribution in [-0.2, 0) is 0 Å². The summed E-state index contributed by atoms with van der Waals surface area (Å²) in [4.78, 5) is 0. The summed E-state index contributed by atoms with van der Waals surface area (Å²) in [7, 11) is 0. The molecule has 2 unspecified atom stereocenters. The highest BCUT2D eigenvalue weighted by atomic mass is 16.3. The average Bonchev–Trinajstić information content (AvgIpc) is 2.62. The van der Waals surface area contributed by atoms with Crippen molar-refractivity contribution in [1.29, 1.82) is 0 Å². The van der Waals surface area contributed by atoms with Crippen molar-refractivity contribution in [3.8, 4) is 5.75 Å². The van der Waals surface area contributed by atoms with Gasteiger partial charge >= 0.3 is 0 Å². The normalized spacial score (nSPS) is 25.4. The van der Waals surface area contributed by atoms with Crippen molar-refractivity contribution in [2.75, 3.05) is 11.9 Å². The minimum absolute atomic E-state index is 0.308. The van der Waals surface area contributed by atoms with Gasteiger partial charge in [-0.1, -0.05) is 6.07 Å². The molecule has 1 aromatic rings. The summed E-state index contributed by atoms with van der Waals surface area (Å²) >= 11 is 0. The van der Waals surface area contributed by atoms with Gasteiger partial charge in [-0.05, 0) is 37.3 Å². The van der Waals surface area contributed by atoms with Crippen LogP contribution in [0.1, 0.15) is 19.3 Å². The third-order valence-electron chi connectivity index (χ3n) is 3.02. The standard InChI is InChI=1S/C12H18N2O/c13-10-5-4-9(6-10)8-14-11-2-1-3-12(15)7-11/h1-3,7,9-10,14-15H,4-6,8,13H2. The van der Waals surface area contributed by atoms with Gasteiger partial charge in [0.15, 0.2) is 0 Å². The number of phenols is 1. The number of anilines is 1. The molecule has 0 aliphatic heterocycles. The highest BCUT2D eigenvalue weighted by Gasteiger charge is 2.21. The Morgan fingerprint density at radius 1 is 1.40 bits per heavy atom. The Labute approximate surface area is 90.3 Å². The topological polar surface area (TPSA) is 58.3 Å². The first-order chi connectivity index (χ1) is 7.24. The summed E-state index contributed by atoms with van der Waals surface area (Å²) < 4.78 is 0. The molecule has 2 atom stereocenters. The van der Waals surface area contributed by atoms with Crippen LogP contribution in [0.15, 0.2) is 24.3 Å². The molecule has 1 saturated carbocycles. The summed E-state index contributed by atoms with van der Waals surface area (Å²) in [5.41, 5.74) is 6.83. The quantitative estimate of drug-likeness (QED) is 0.708. The van der Waals surface area contributed by atoms with Crippen LogP contribution in [-0.4, -0.2) is 17.7 Å². The molecule has 82 valence electrons. The minimum atomic E-state index is 0.308. The SMILES string of the molecule is NC1CCC(CNc2cccc(O)c2)C1. The van der Waals surface area contributed by atoms with Crippen molar-refractivity contribution in [3.05, 3.63) is 24.3 Å². The van der Waals surface area contributed by atoms with Crippen molar-refractivity contribution in [3.63, 3.8) is 0 Å². The van der Waals surface area contributed by atoms with Crippen LogP contribution in [0.5, 0.6) is 5.75 Å². The number of hydrogen-bond donors (Lipinski definition) is 3. The van der Waals surface area contributed by atoms with Crippen LogP contribution < -0.4 is 11.1 Å². The maximum atomic E-state index is 9.29. The monoisotopic (exact) mass is 206 g/mol. The van der Waals surface area contributed by atoms with Crippen LogP contribution in [0.3, 0.4) is 0 Å². The zero-order valence-electron chi connectivity index (χ0n) is 8.82. The fourth-order valence-electron chi connectivity index (χ4n) is 2.18. The summed E-state index contributed by atoms with van der Waals surface area (Å²) in [5, 5.41) is 12.6. The first kappa shape index (κ1) is 10.3. The predicted octanol–water partition coefficient (Wildman–Crippen LogP) is 1.93. The Bertz CT molecular complexity index is 327. The molecule has 0 bridgehead atoms. The molecule has 3 heteroatoms. The van der Waals surface area contributed by atoms with Gasteiger partial charge in [0.25, 0.3) is 0 Å². The first-order valence-corrected chi connectivity index (χ1v) is 5.52. The van der Waals surface area contributed by atoms with E-state index in [1.54, 1.807) is 12.1 Å². The van der Waals surface area contributed by atoms with E-state index in [1.165, 1.54) is 6.42 Å². The van der Waals surface area contributed by atoms with Gasteiger partial charge in [0, 0.05) is 24.3 Å². The molecular formula is C12H18N2O. The lowest BCUT2D eigenvalue weighted by Gasteiger charge is -2.12. The number of phenolic OH excluding ortho intramolecular Hbond substituents is 1. The molecular weight excluding hydrogens is 188 g/mol. The smallest absolute Gasteiger partial charge is 0.117 e. The lowest BCUT2D eigenvalue weighted by molar-refractivity contribution is 0.475. The van der Waals surface area contributed by atoms with Gasteiger partial charge in [0.05, 0.1) is 0 Å². The van der Waals surface area contributed by atoms with E-state index in [4.69, 9.17) is 5.73 Å². The molecule has 0 amide bonds. The van der Waals surface area contributed by atoms with E-state index in [0.29, 0.717) is 17.7 Å². The maximum absolute atomic E-state index is 9.29. The second-order valence-corrected chi connectivity index (χ2v) is 4.37. The molecule has 1 aromatic carbocycles. The molecule has 2 rings (SSSR count). The van der Waals surface area contributed by atoms with Gasteiger partial charge in [-0.15, -0.1) is 0 Å². The fourth-order valence-corrected chi connectivity index (χ4v) is 2.18. The van der Waals surface area contributed by atoms with E-state index in [2.05, 4.69) is 5.32 Å². The van der Waals surface area contributed by atoms with Gasteiger partial charge in [0.1, 0.15) is 5.75 Å². The second-order valence-electron chi connectivity index (χ2n) is 4.37. The molecule has 0 saturated heterocycles. The van der Waals surface area contributed by atoms with Crippen LogP contribution in [0.2, 0.25) is 0 Å². The van der Waals surface area contributed by atoms with Crippen LogP contribution in [0.25, 0.3) is 0 Å². The third-order valence-corrected chi connectivity index (χ3v) is 3.02. The molecule has 0 radical (unpaired) electrons. The predicted molar refractivity (Wildman–Crippen MR) is 61.9 cm³/mol. The molecule has 1 aliphatic carbocycles. The van der Waals surface area contributed by atoms with E-state index in [0.717, 1.165) is 25.1 Å². The van der Waals surface area contributed by atoms with E-state index in [-0.39, 0.29) is 0 Å². The molecule has 3 nitrogen and oxygen atoms in total. The van der Waals surface area contributed by atoms with E-state index < -0.39 is 0 Å². The van der Waals surface area contributed by atoms with Crippen molar-refractivity contribution >= 4 is 5.69 Å². The number of benzene rings is 1. The zero-order valence-corrected chi connectivity index (χ0v) is 8.82. The zero-order chi connectivity index (χ0) is 10.7. The van der Waals surface area contributed by atoms with Crippen LogP contribution in [0, 0.1) is 5.92 Å². The molecule has 0 aromatic heterocycles. The molecule has 4 N–H and O–H groups in total. The summed E-state index contributed by atoms with van der Waals surface area (Å²) in [6.07, 6.45) is 3.48. The largest absolute Gasteiger partial charge is 0.508 e. The van der Waals surface area contributed by atoms with Crippen LogP contribution in [0.4, 0.5) is 5.69 Å². The summed E-state index contributed by atoms with van der Waals surface area (Å²) in [6.45, 7) is 0.956. The second kappa shape index (κ2) is 4.53. The number of aromatic hydroxyl groups is 1. The summed E-state index contributed by atoms with van der Waals surface area (Å²) in [6, 6.07) is 7.62. The van der Waals surface area contributed by atoms with Crippen molar-refractivity contribution in [2.45, 2.75) is 25.3 Å². The van der Waals surface area contributed by atoms with E-state index in [1.807, 2.05) is 12.1 Å². The van der Waals surface area contributed by atoms with Crippen molar-refractivity contribution in [1.82, 2.24) is 0 Å². The van der Waals surface area contributed by atoms with Gasteiger partial charge in [-0.3, -0.25) is 0 Å². The fraction of sp³-hybridized carbons (Fsp3) is 0.500. The highest BCUT2D eigenvalue weighted by molar-refractivity contribution is 5.47. The van der Waals surface area contributed by atoms with Crippen LogP contribution >= 0.6 is 0 Å². The maximum Gasteiger partial charge on any atom is 0.117 e.